The molecule has 17 heavy (non-hydrogen) atoms. The van der Waals surface area contributed by atoms with Crippen LogP contribution in [0, 0.1) is 23.7 Å². The molecule has 0 spiro atoms. The molecule has 2 rings (SSSR count). The highest BCUT2D eigenvalue weighted by atomic mass is 16.6. The zero-order chi connectivity index (χ0) is 12.6. The van der Waals surface area contributed by atoms with E-state index in [1.807, 2.05) is 0 Å². The molecule has 0 N–H and O–H groups in total. The van der Waals surface area contributed by atoms with Crippen molar-refractivity contribution < 1.29 is 28.7 Å². The summed E-state index contributed by atoms with van der Waals surface area (Å²) in [5.41, 5.74) is 0. The van der Waals surface area contributed by atoms with E-state index in [2.05, 4.69) is 9.47 Å². The van der Waals surface area contributed by atoms with Crippen molar-refractivity contribution >= 4 is 24.2 Å². The fourth-order valence-electron chi connectivity index (χ4n) is 2.78. The van der Waals surface area contributed by atoms with Crippen molar-refractivity contribution in [2.45, 2.75) is 12.8 Å². The van der Waals surface area contributed by atoms with Gasteiger partial charge in [-0.25, -0.2) is 0 Å². The average Bonchev–Trinajstić information content (AvgIpc) is 2.66. The average molecular weight is 240 g/mol. The normalized spacial score (nSPS) is 36.1. The molecule has 1 aliphatic heterocycles. The summed E-state index contributed by atoms with van der Waals surface area (Å²) in [6.45, 7) is 0. The molecule has 0 aromatic carbocycles. The summed E-state index contributed by atoms with van der Waals surface area (Å²) in [7, 11) is 1.24. The lowest BCUT2D eigenvalue weighted by atomic mass is 9.83. The Balaban J connectivity index is 2.29. The number of fused-ring (bicyclic) bond motifs is 1. The third-order valence-corrected chi connectivity index (χ3v) is 3.53. The molecule has 4 unspecified atom stereocenters. The monoisotopic (exact) mass is 240 g/mol. The Kier molecular flexibility index (Phi) is 2.95. The Hall–Kier alpha value is -1.72. The second-order valence-corrected chi connectivity index (χ2v) is 4.35. The highest BCUT2D eigenvalue weighted by Crippen LogP contribution is 2.46. The number of methoxy groups -OCH3 is 1. The SMILES string of the molecule is COC(=O)C1CC(C=O)C2C(=O)OC(=O)CC12. The van der Waals surface area contributed by atoms with Gasteiger partial charge in [-0.05, 0) is 12.3 Å². The van der Waals surface area contributed by atoms with E-state index in [1.54, 1.807) is 0 Å². The quantitative estimate of drug-likeness (QED) is 0.374. The topological polar surface area (TPSA) is 86.7 Å². The molecular formula is C11H12O6. The zero-order valence-corrected chi connectivity index (χ0v) is 9.25. The summed E-state index contributed by atoms with van der Waals surface area (Å²) in [5.74, 6) is -4.11. The van der Waals surface area contributed by atoms with E-state index in [1.165, 1.54) is 7.11 Å². The van der Waals surface area contributed by atoms with Crippen LogP contribution in [0.5, 0.6) is 0 Å². The second kappa shape index (κ2) is 4.27. The molecule has 6 nitrogen and oxygen atoms in total. The van der Waals surface area contributed by atoms with Gasteiger partial charge in [0.15, 0.2) is 0 Å². The van der Waals surface area contributed by atoms with E-state index in [4.69, 9.17) is 0 Å². The molecule has 1 heterocycles. The van der Waals surface area contributed by atoms with Crippen LogP contribution in [0.15, 0.2) is 0 Å². The highest BCUT2D eigenvalue weighted by Gasteiger charge is 2.54. The first-order valence-corrected chi connectivity index (χ1v) is 5.36. The van der Waals surface area contributed by atoms with Crippen LogP contribution in [0.2, 0.25) is 0 Å². The summed E-state index contributed by atoms with van der Waals surface area (Å²) in [6, 6.07) is 0. The third-order valence-electron chi connectivity index (χ3n) is 3.53. The zero-order valence-electron chi connectivity index (χ0n) is 9.25. The minimum Gasteiger partial charge on any atom is -0.469 e. The van der Waals surface area contributed by atoms with Gasteiger partial charge in [0, 0.05) is 5.92 Å². The van der Waals surface area contributed by atoms with E-state index in [0.29, 0.717) is 6.29 Å². The standard InChI is InChI=1S/C11H12O6/c1-16-10(14)7-2-5(4-12)9-6(7)3-8(13)17-11(9)15/h4-7,9H,2-3H2,1H3. The first-order valence-electron chi connectivity index (χ1n) is 5.36. The lowest BCUT2D eigenvalue weighted by Crippen LogP contribution is -2.38. The number of cyclic esters (lactones) is 2. The van der Waals surface area contributed by atoms with Gasteiger partial charge in [-0.1, -0.05) is 0 Å². The number of aldehydes is 1. The molecule has 1 saturated heterocycles. The number of carbonyl (C=O) groups is 4. The third kappa shape index (κ3) is 1.83. The maximum Gasteiger partial charge on any atom is 0.317 e. The van der Waals surface area contributed by atoms with Crippen molar-refractivity contribution in [2.75, 3.05) is 7.11 Å². The lowest BCUT2D eigenvalue weighted by Gasteiger charge is -2.26. The molecule has 2 aliphatic rings. The van der Waals surface area contributed by atoms with E-state index in [9.17, 15) is 19.2 Å². The Morgan fingerprint density at radius 1 is 1.47 bits per heavy atom. The van der Waals surface area contributed by atoms with Gasteiger partial charge in [0.2, 0.25) is 0 Å². The summed E-state index contributed by atoms with van der Waals surface area (Å²) < 4.78 is 9.13. The minimum atomic E-state index is -0.699. The fraction of sp³-hybridized carbons (Fsp3) is 0.636. The Bertz CT molecular complexity index is 387. The van der Waals surface area contributed by atoms with Gasteiger partial charge in [-0.2, -0.15) is 0 Å². The molecule has 2 fully saturated rings. The fourth-order valence-corrected chi connectivity index (χ4v) is 2.78. The number of rotatable bonds is 2. The second-order valence-electron chi connectivity index (χ2n) is 4.35. The summed E-state index contributed by atoms with van der Waals surface area (Å²) in [6.07, 6.45) is 0.881. The van der Waals surface area contributed by atoms with Gasteiger partial charge in [0.05, 0.1) is 25.4 Å². The van der Waals surface area contributed by atoms with Gasteiger partial charge < -0.3 is 14.3 Å². The van der Waals surface area contributed by atoms with Gasteiger partial charge >= 0.3 is 17.9 Å². The van der Waals surface area contributed by atoms with Crippen LogP contribution in [0.25, 0.3) is 0 Å². The predicted molar refractivity (Wildman–Crippen MR) is 52.4 cm³/mol. The molecule has 0 amide bonds. The van der Waals surface area contributed by atoms with E-state index >= 15 is 0 Å². The van der Waals surface area contributed by atoms with E-state index in [-0.39, 0.29) is 12.8 Å². The van der Waals surface area contributed by atoms with Crippen molar-refractivity contribution in [3.05, 3.63) is 0 Å². The molecule has 1 aliphatic carbocycles. The largest absolute Gasteiger partial charge is 0.469 e. The summed E-state index contributed by atoms with van der Waals surface area (Å²) in [4.78, 5) is 45.2. The Morgan fingerprint density at radius 2 is 2.18 bits per heavy atom. The summed E-state index contributed by atoms with van der Waals surface area (Å²) >= 11 is 0. The molecule has 0 radical (unpaired) electrons. The van der Waals surface area contributed by atoms with Crippen molar-refractivity contribution in [1.29, 1.82) is 0 Å². The first-order chi connectivity index (χ1) is 8.08. The molecule has 0 bridgehead atoms. The van der Waals surface area contributed by atoms with Crippen LogP contribution in [0.3, 0.4) is 0 Å². The van der Waals surface area contributed by atoms with Crippen LogP contribution in [0.1, 0.15) is 12.8 Å². The van der Waals surface area contributed by atoms with Gasteiger partial charge in [-0.3, -0.25) is 14.4 Å². The Labute approximate surface area is 97.3 Å². The lowest BCUT2D eigenvalue weighted by molar-refractivity contribution is -0.172. The number of esters is 3. The van der Waals surface area contributed by atoms with E-state index < -0.39 is 41.6 Å². The molecule has 4 atom stereocenters. The smallest absolute Gasteiger partial charge is 0.317 e. The maximum atomic E-state index is 11.6. The van der Waals surface area contributed by atoms with Crippen molar-refractivity contribution in [1.82, 2.24) is 0 Å². The highest BCUT2D eigenvalue weighted by molar-refractivity contribution is 5.93. The van der Waals surface area contributed by atoms with Crippen LogP contribution >= 0.6 is 0 Å². The maximum absolute atomic E-state index is 11.6. The summed E-state index contributed by atoms with van der Waals surface area (Å²) in [5, 5.41) is 0. The number of hydrogen-bond donors (Lipinski definition) is 0. The van der Waals surface area contributed by atoms with Gasteiger partial charge in [-0.15, -0.1) is 0 Å². The molecule has 92 valence electrons. The van der Waals surface area contributed by atoms with Gasteiger partial charge in [0.25, 0.3) is 0 Å². The molecular weight excluding hydrogens is 228 g/mol. The first kappa shape index (κ1) is 11.8. The van der Waals surface area contributed by atoms with Crippen LogP contribution < -0.4 is 0 Å². The minimum absolute atomic E-state index is 0.0134. The van der Waals surface area contributed by atoms with Crippen molar-refractivity contribution in [2.24, 2.45) is 23.7 Å². The van der Waals surface area contributed by atoms with Crippen molar-refractivity contribution in [3.8, 4) is 0 Å². The molecule has 0 aromatic rings. The van der Waals surface area contributed by atoms with Crippen LogP contribution in [-0.4, -0.2) is 31.3 Å². The number of hydrogen-bond acceptors (Lipinski definition) is 6. The number of ether oxygens (including phenoxy) is 2. The Morgan fingerprint density at radius 3 is 2.76 bits per heavy atom. The molecule has 0 aromatic heterocycles. The van der Waals surface area contributed by atoms with Crippen LogP contribution in [-0.2, 0) is 28.7 Å². The van der Waals surface area contributed by atoms with Crippen molar-refractivity contribution in [3.63, 3.8) is 0 Å². The molecule has 6 heteroatoms. The predicted octanol–water partition coefficient (Wildman–Crippen LogP) is -0.300. The van der Waals surface area contributed by atoms with E-state index in [0.717, 1.165) is 0 Å². The molecule has 1 saturated carbocycles. The van der Waals surface area contributed by atoms with Gasteiger partial charge in [0.1, 0.15) is 6.29 Å². The van der Waals surface area contributed by atoms with Crippen LogP contribution in [0.4, 0.5) is 0 Å². The number of carbonyl (C=O) groups excluding carboxylic acids is 4.